The Kier molecular flexibility index (Phi) is 5.31. The molecular weight excluding hydrogens is 308 g/mol. The van der Waals surface area contributed by atoms with E-state index >= 15 is 0 Å². The third kappa shape index (κ3) is 4.34. The Labute approximate surface area is 142 Å². The number of rotatable bonds is 5. The molecular formula is C19H21ClN2O. The van der Waals surface area contributed by atoms with Crippen LogP contribution in [0.1, 0.15) is 34.3 Å². The zero-order chi connectivity index (χ0) is 16.1. The molecule has 1 saturated heterocycles. The minimum atomic E-state index is -0.0716. The standard InChI is InChI=1S/C19H21ClN2O/c20-18-9-7-15(8-10-18)19(23)21-13-16-5-1-2-6-17(16)14-22-11-3-4-12-22/h1-2,5-10H,3-4,11-14H2,(H,21,23). The van der Waals surface area contributed by atoms with Gasteiger partial charge in [0.25, 0.3) is 5.91 Å². The second-order valence-corrected chi connectivity index (χ2v) is 6.38. The van der Waals surface area contributed by atoms with Crippen LogP contribution in [-0.4, -0.2) is 23.9 Å². The molecule has 0 bridgehead atoms. The summed E-state index contributed by atoms with van der Waals surface area (Å²) in [5, 5.41) is 3.64. The van der Waals surface area contributed by atoms with E-state index in [-0.39, 0.29) is 5.91 Å². The highest BCUT2D eigenvalue weighted by Crippen LogP contribution is 2.16. The van der Waals surface area contributed by atoms with Crippen LogP contribution in [0.15, 0.2) is 48.5 Å². The summed E-state index contributed by atoms with van der Waals surface area (Å²) in [5.74, 6) is -0.0716. The van der Waals surface area contributed by atoms with E-state index in [1.165, 1.54) is 37.1 Å². The minimum absolute atomic E-state index is 0.0716. The molecule has 0 spiro atoms. The zero-order valence-corrected chi connectivity index (χ0v) is 13.9. The third-order valence-electron chi connectivity index (χ3n) is 4.26. The Morgan fingerprint density at radius 1 is 1.00 bits per heavy atom. The van der Waals surface area contributed by atoms with Crippen molar-refractivity contribution in [2.45, 2.75) is 25.9 Å². The normalized spacial score (nSPS) is 14.8. The molecule has 1 aliphatic heterocycles. The van der Waals surface area contributed by atoms with Gasteiger partial charge >= 0.3 is 0 Å². The van der Waals surface area contributed by atoms with E-state index in [1.54, 1.807) is 24.3 Å². The van der Waals surface area contributed by atoms with Crippen LogP contribution in [0.5, 0.6) is 0 Å². The molecule has 1 heterocycles. The van der Waals surface area contributed by atoms with E-state index in [1.807, 2.05) is 6.07 Å². The summed E-state index contributed by atoms with van der Waals surface area (Å²) < 4.78 is 0. The fourth-order valence-corrected chi connectivity index (χ4v) is 3.07. The summed E-state index contributed by atoms with van der Waals surface area (Å²) >= 11 is 5.85. The van der Waals surface area contributed by atoms with Crippen LogP contribution in [-0.2, 0) is 13.1 Å². The van der Waals surface area contributed by atoms with Gasteiger partial charge in [-0.15, -0.1) is 0 Å². The average Bonchev–Trinajstić information content (AvgIpc) is 3.07. The van der Waals surface area contributed by atoms with Crippen molar-refractivity contribution in [1.82, 2.24) is 10.2 Å². The predicted molar refractivity (Wildman–Crippen MR) is 93.6 cm³/mol. The Morgan fingerprint density at radius 2 is 1.65 bits per heavy atom. The van der Waals surface area contributed by atoms with Crippen molar-refractivity contribution in [2.75, 3.05) is 13.1 Å². The number of likely N-dealkylation sites (tertiary alicyclic amines) is 1. The summed E-state index contributed by atoms with van der Waals surface area (Å²) in [5.41, 5.74) is 3.11. The molecule has 23 heavy (non-hydrogen) atoms. The number of hydrogen-bond donors (Lipinski definition) is 1. The highest BCUT2D eigenvalue weighted by atomic mass is 35.5. The third-order valence-corrected chi connectivity index (χ3v) is 4.51. The number of carbonyl (C=O) groups excluding carboxylic acids is 1. The first-order valence-electron chi connectivity index (χ1n) is 8.05. The number of benzene rings is 2. The van der Waals surface area contributed by atoms with E-state index in [9.17, 15) is 4.79 Å². The second-order valence-electron chi connectivity index (χ2n) is 5.94. The van der Waals surface area contributed by atoms with Crippen molar-refractivity contribution >= 4 is 17.5 Å². The van der Waals surface area contributed by atoms with E-state index in [0.717, 1.165) is 6.54 Å². The van der Waals surface area contributed by atoms with Gasteiger partial charge in [-0.2, -0.15) is 0 Å². The molecule has 1 aliphatic rings. The number of nitrogens with one attached hydrogen (secondary N) is 1. The van der Waals surface area contributed by atoms with Crippen molar-refractivity contribution in [3.63, 3.8) is 0 Å². The molecule has 3 rings (SSSR count). The number of hydrogen-bond acceptors (Lipinski definition) is 2. The lowest BCUT2D eigenvalue weighted by Crippen LogP contribution is -2.25. The molecule has 0 radical (unpaired) electrons. The monoisotopic (exact) mass is 328 g/mol. The van der Waals surface area contributed by atoms with Crippen molar-refractivity contribution < 1.29 is 4.79 Å². The van der Waals surface area contributed by atoms with Crippen molar-refractivity contribution in [2.24, 2.45) is 0 Å². The van der Waals surface area contributed by atoms with Gasteiger partial charge in [0.05, 0.1) is 0 Å². The molecule has 0 unspecified atom stereocenters. The summed E-state index contributed by atoms with van der Waals surface area (Å²) in [6.07, 6.45) is 2.57. The first-order chi connectivity index (χ1) is 11.2. The van der Waals surface area contributed by atoms with Gasteiger partial charge in [-0.05, 0) is 61.3 Å². The van der Waals surface area contributed by atoms with Crippen LogP contribution in [0.3, 0.4) is 0 Å². The average molecular weight is 329 g/mol. The first-order valence-corrected chi connectivity index (χ1v) is 8.43. The van der Waals surface area contributed by atoms with Crippen LogP contribution in [0.4, 0.5) is 0 Å². The van der Waals surface area contributed by atoms with Crippen LogP contribution in [0.2, 0.25) is 5.02 Å². The lowest BCUT2D eigenvalue weighted by Gasteiger charge is -2.17. The SMILES string of the molecule is O=C(NCc1ccccc1CN1CCCC1)c1ccc(Cl)cc1. The lowest BCUT2D eigenvalue weighted by molar-refractivity contribution is 0.0951. The van der Waals surface area contributed by atoms with Crippen LogP contribution < -0.4 is 5.32 Å². The summed E-state index contributed by atoms with van der Waals surface area (Å²) in [7, 11) is 0. The molecule has 1 amide bonds. The quantitative estimate of drug-likeness (QED) is 0.903. The van der Waals surface area contributed by atoms with E-state index < -0.39 is 0 Å². The van der Waals surface area contributed by atoms with E-state index in [0.29, 0.717) is 17.1 Å². The topological polar surface area (TPSA) is 32.3 Å². The number of carbonyl (C=O) groups is 1. The van der Waals surface area contributed by atoms with Crippen molar-refractivity contribution in [3.8, 4) is 0 Å². The van der Waals surface area contributed by atoms with Gasteiger partial charge in [-0.3, -0.25) is 9.69 Å². The molecule has 0 aliphatic carbocycles. The largest absolute Gasteiger partial charge is 0.348 e. The molecule has 1 N–H and O–H groups in total. The fraction of sp³-hybridized carbons (Fsp3) is 0.316. The van der Waals surface area contributed by atoms with Gasteiger partial charge in [0.1, 0.15) is 0 Å². The summed E-state index contributed by atoms with van der Waals surface area (Å²) in [6, 6.07) is 15.3. The molecule has 120 valence electrons. The smallest absolute Gasteiger partial charge is 0.251 e. The Hall–Kier alpha value is -1.84. The maximum atomic E-state index is 12.2. The molecule has 0 aromatic heterocycles. The molecule has 3 nitrogen and oxygen atoms in total. The van der Waals surface area contributed by atoms with Crippen molar-refractivity contribution in [3.05, 3.63) is 70.2 Å². The Morgan fingerprint density at radius 3 is 2.35 bits per heavy atom. The van der Waals surface area contributed by atoms with Crippen LogP contribution in [0.25, 0.3) is 0 Å². The highest BCUT2D eigenvalue weighted by molar-refractivity contribution is 6.30. The summed E-state index contributed by atoms with van der Waals surface area (Å²) in [6.45, 7) is 3.86. The van der Waals surface area contributed by atoms with Crippen LogP contribution in [0, 0.1) is 0 Å². The second kappa shape index (κ2) is 7.62. The Balaban J connectivity index is 1.63. The van der Waals surface area contributed by atoms with Gasteiger partial charge in [0, 0.05) is 23.7 Å². The van der Waals surface area contributed by atoms with Gasteiger partial charge in [-0.25, -0.2) is 0 Å². The molecule has 4 heteroatoms. The van der Waals surface area contributed by atoms with E-state index in [2.05, 4.69) is 28.4 Å². The van der Waals surface area contributed by atoms with E-state index in [4.69, 9.17) is 11.6 Å². The number of amides is 1. The van der Waals surface area contributed by atoms with Gasteiger partial charge in [0.2, 0.25) is 0 Å². The first kappa shape index (κ1) is 16.0. The maximum absolute atomic E-state index is 12.2. The highest BCUT2D eigenvalue weighted by Gasteiger charge is 2.14. The molecule has 2 aromatic rings. The lowest BCUT2D eigenvalue weighted by atomic mass is 10.1. The minimum Gasteiger partial charge on any atom is -0.348 e. The van der Waals surface area contributed by atoms with Crippen LogP contribution >= 0.6 is 11.6 Å². The van der Waals surface area contributed by atoms with Gasteiger partial charge in [0.15, 0.2) is 0 Å². The maximum Gasteiger partial charge on any atom is 0.251 e. The number of halogens is 1. The van der Waals surface area contributed by atoms with Gasteiger partial charge < -0.3 is 5.32 Å². The molecule has 0 atom stereocenters. The molecule has 0 saturated carbocycles. The number of nitrogens with zero attached hydrogens (tertiary/aromatic N) is 1. The Bertz CT molecular complexity index is 663. The zero-order valence-electron chi connectivity index (χ0n) is 13.1. The van der Waals surface area contributed by atoms with Crippen molar-refractivity contribution in [1.29, 1.82) is 0 Å². The molecule has 1 fully saturated rings. The predicted octanol–water partition coefficient (Wildman–Crippen LogP) is 3.87. The fourth-order valence-electron chi connectivity index (χ4n) is 2.94. The molecule has 2 aromatic carbocycles. The summed E-state index contributed by atoms with van der Waals surface area (Å²) in [4.78, 5) is 14.7. The van der Waals surface area contributed by atoms with Gasteiger partial charge in [-0.1, -0.05) is 35.9 Å².